The summed E-state index contributed by atoms with van der Waals surface area (Å²) in [5, 5.41) is 7.84. The Bertz CT molecular complexity index is 520. The molecule has 110 valence electrons. The Balaban J connectivity index is 1.55. The third-order valence-corrected chi connectivity index (χ3v) is 5.82. The number of nitrogens with one attached hydrogen (secondary N) is 1. The Kier molecular flexibility index (Phi) is 2.46. The topological polar surface area (TPSA) is 51.0 Å². The van der Waals surface area contributed by atoms with Crippen LogP contribution in [0, 0.1) is 23.7 Å². The van der Waals surface area contributed by atoms with Crippen LogP contribution >= 0.6 is 0 Å². The van der Waals surface area contributed by atoms with Crippen LogP contribution in [0.3, 0.4) is 0 Å². The lowest BCUT2D eigenvalue weighted by molar-refractivity contribution is -0.118. The second-order valence-corrected chi connectivity index (χ2v) is 8.49. The van der Waals surface area contributed by atoms with Crippen LogP contribution < -0.4 is 5.32 Å². The van der Waals surface area contributed by atoms with Crippen molar-refractivity contribution in [1.82, 2.24) is 15.5 Å². The van der Waals surface area contributed by atoms with E-state index in [-0.39, 0.29) is 0 Å². The van der Waals surface area contributed by atoms with Crippen molar-refractivity contribution in [3.05, 3.63) is 11.7 Å². The van der Waals surface area contributed by atoms with Crippen molar-refractivity contribution in [2.45, 2.75) is 71.4 Å². The van der Waals surface area contributed by atoms with Gasteiger partial charge in [0.05, 0.1) is 6.54 Å². The van der Waals surface area contributed by atoms with E-state index in [1.54, 1.807) is 0 Å². The molecule has 2 atom stereocenters. The summed E-state index contributed by atoms with van der Waals surface area (Å²) >= 11 is 0. The number of hydrogen-bond acceptors (Lipinski definition) is 4. The molecule has 20 heavy (non-hydrogen) atoms. The molecule has 0 radical (unpaired) electrons. The largest absolute Gasteiger partial charge is 0.340 e. The minimum absolute atomic E-state index is 0.317. The van der Waals surface area contributed by atoms with E-state index in [0.29, 0.717) is 22.3 Å². The molecule has 4 saturated carbocycles. The van der Waals surface area contributed by atoms with Gasteiger partial charge in [-0.3, -0.25) is 0 Å². The maximum Gasteiger partial charge on any atom is 0.223 e. The molecule has 4 heteroatoms. The van der Waals surface area contributed by atoms with Crippen molar-refractivity contribution < 1.29 is 4.52 Å². The summed E-state index contributed by atoms with van der Waals surface area (Å²) in [5.41, 5.74) is 1.42. The van der Waals surface area contributed by atoms with Crippen molar-refractivity contribution in [2.24, 2.45) is 16.7 Å². The molecule has 4 nitrogen and oxygen atoms in total. The fourth-order valence-corrected chi connectivity index (χ4v) is 6.32. The molecule has 4 bridgehead atoms. The van der Waals surface area contributed by atoms with E-state index in [9.17, 15) is 0 Å². The number of hydrogen-bond donors (Lipinski definition) is 1. The lowest BCUT2D eigenvalue weighted by Gasteiger charge is -2.65. The lowest BCUT2D eigenvalue weighted by Crippen LogP contribution is -2.63. The van der Waals surface area contributed by atoms with E-state index in [1.807, 2.05) is 6.92 Å². The molecule has 4 aliphatic carbocycles. The Morgan fingerprint density at radius 2 is 1.85 bits per heavy atom. The molecule has 0 amide bonds. The van der Waals surface area contributed by atoms with Crippen molar-refractivity contribution in [3.63, 3.8) is 0 Å². The molecule has 4 fully saturated rings. The van der Waals surface area contributed by atoms with Crippen LogP contribution in [0.4, 0.5) is 0 Å². The fourth-order valence-electron chi connectivity index (χ4n) is 6.32. The standard InChI is InChI=1S/C16H25N3O/c1-11-18-13(19-20-11)7-17-16-6-12-4-14(2,9-16)8-15(3,5-12)10-16/h12,17H,4-10H2,1-3H3. The van der Waals surface area contributed by atoms with Gasteiger partial charge < -0.3 is 9.84 Å². The van der Waals surface area contributed by atoms with Crippen LogP contribution in [0.5, 0.6) is 0 Å². The monoisotopic (exact) mass is 275 g/mol. The molecular formula is C16H25N3O. The molecular weight excluding hydrogens is 250 g/mol. The van der Waals surface area contributed by atoms with Crippen molar-refractivity contribution >= 4 is 0 Å². The molecule has 0 spiro atoms. The summed E-state index contributed by atoms with van der Waals surface area (Å²) in [4.78, 5) is 4.32. The van der Waals surface area contributed by atoms with Crippen LogP contribution in [0.15, 0.2) is 4.52 Å². The number of nitrogens with zero attached hydrogens (tertiary/aromatic N) is 2. The molecule has 0 aliphatic heterocycles. The van der Waals surface area contributed by atoms with Gasteiger partial charge in [0, 0.05) is 12.5 Å². The van der Waals surface area contributed by atoms with Crippen LogP contribution in [-0.2, 0) is 6.54 Å². The highest BCUT2D eigenvalue weighted by molar-refractivity contribution is 5.14. The lowest BCUT2D eigenvalue weighted by atomic mass is 9.43. The first kappa shape index (κ1) is 12.8. The van der Waals surface area contributed by atoms with Gasteiger partial charge in [-0.25, -0.2) is 0 Å². The van der Waals surface area contributed by atoms with Gasteiger partial charge in [0.25, 0.3) is 0 Å². The molecule has 1 N–H and O–H groups in total. The van der Waals surface area contributed by atoms with Gasteiger partial charge in [-0.05, 0) is 55.3 Å². The molecule has 1 aromatic rings. The molecule has 1 heterocycles. The molecule has 2 unspecified atom stereocenters. The zero-order chi connectivity index (χ0) is 14.0. The van der Waals surface area contributed by atoms with E-state index in [1.165, 1.54) is 38.5 Å². The summed E-state index contributed by atoms with van der Waals surface area (Å²) in [6.07, 6.45) is 8.28. The number of aromatic nitrogens is 2. The summed E-state index contributed by atoms with van der Waals surface area (Å²) in [7, 11) is 0. The zero-order valence-corrected chi connectivity index (χ0v) is 12.8. The van der Waals surface area contributed by atoms with Gasteiger partial charge >= 0.3 is 0 Å². The summed E-state index contributed by atoms with van der Waals surface area (Å²) < 4.78 is 5.07. The highest BCUT2D eigenvalue weighted by atomic mass is 16.5. The summed E-state index contributed by atoms with van der Waals surface area (Å²) in [6, 6.07) is 0. The second kappa shape index (κ2) is 3.85. The van der Waals surface area contributed by atoms with Crippen LogP contribution in [-0.4, -0.2) is 15.7 Å². The van der Waals surface area contributed by atoms with Crippen LogP contribution in [0.2, 0.25) is 0 Å². The van der Waals surface area contributed by atoms with Crippen molar-refractivity contribution in [1.29, 1.82) is 0 Å². The highest BCUT2D eigenvalue weighted by Gasteiger charge is 2.59. The van der Waals surface area contributed by atoms with E-state index >= 15 is 0 Å². The van der Waals surface area contributed by atoms with E-state index in [2.05, 4.69) is 29.3 Å². The first-order valence-corrected chi connectivity index (χ1v) is 7.92. The third-order valence-electron chi connectivity index (χ3n) is 5.82. The predicted molar refractivity (Wildman–Crippen MR) is 76.0 cm³/mol. The quantitative estimate of drug-likeness (QED) is 0.920. The zero-order valence-electron chi connectivity index (χ0n) is 12.8. The summed E-state index contributed by atoms with van der Waals surface area (Å²) in [5.74, 6) is 2.38. The van der Waals surface area contributed by atoms with E-state index in [0.717, 1.165) is 18.3 Å². The summed E-state index contributed by atoms with van der Waals surface area (Å²) in [6.45, 7) is 7.61. The predicted octanol–water partition coefficient (Wildman–Crippen LogP) is 3.22. The van der Waals surface area contributed by atoms with E-state index < -0.39 is 0 Å². The molecule has 0 saturated heterocycles. The maximum atomic E-state index is 5.07. The van der Waals surface area contributed by atoms with Crippen molar-refractivity contribution in [2.75, 3.05) is 0 Å². The van der Waals surface area contributed by atoms with Gasteiger partial charge in [-0.1, -0.05) is 19.0 Å². The normalized spacial score (nSPS) is 46.0. The van der Waals surface area contributed by atoms with Gasteiger partial charge in [0.1, 0.15) is 0 Å². The number of aryl methyl sites for hydroxylation is 1. The first-order valence-electron chi connectivity index (χ1n) is 7.92. The van der Waals surface area contributed by atoms with E-state index in [4.69, 9.17) is 4.52 Å². The smallest absolute Gasteiger partial charge is 0.223 e. The minimum atomic E-state index is 0.317. The van der Waals surface area contributed by atoms with Crippen LogP contribution in [0.25, 0.3) is 0 Å². The second-order valence-electron chi connectivity index (χ2n) is 8.49. The van der Waals surface area contributed by atoms with Crippen molar-refractivity contribution in [3.8, 4) is 0 Å². The molecule has 4 aliphatic rings. The molecule has 5 rings (SSSR count). The SMILES string of the molecule is Cc1nc(CNC23CC4CC(C)(CC(C)(C4)C2)C3)no1. The Morgan fingerprint density at radius 1 is 1.15 bits per heavy atom. The molecule has 1 aromatic heterocycles. The van der Waals surface area contributed by atoms with Gasteiger partial charge in [-0.15, -0.1) is 0 Å². The Morgan fingerprint density at radius 3 is 2.40 bits per heavy atom. The van der Waals surface area contributed by atoms with Gasteiger partial charge in [-0.2, -0.15) is 4.98 Å². The minimum Gasteiger partial charge on any atom is -0.340 e. The Labute approximate surface area is 120 Å². The van der Waals surface area contributed by atoms with Crippen LogP contribution in [0.1, 0.15) is 64.1 Å². The van der Waals surface area contributed by atoms with Gasteiger partial charge in [0.2, 0.25) is 5.89 Å². The number of rotatable bonds is 3. The average molecular weight is 275 g/mol. The average Bonchev–Trinajstić information content (AvgIpc) is 2.68. The fraction of sp³-hybridized carbons (Fsp3) is 0.875. The third kappa shape index (κ3) is 2.00. The highest BCUT2D eigenvalue weighted by Crippen LogP contribution is 2.66. The molecule has 0 aromatic carbocycles. The Hall–Kier alpha value is -0.900. The first-order chi connectivity index (χ1) is 9.38. The van der Waals surface area contributed by atoms with Gasteiger partial charge in [0.15, 0.2) is 5.82 Å². The maximum absolute atomic E-state index is 5.07.